The SMILES string of the molecule is COc1ccc(-c2cnn3c2NC(=O)C[C@@H]3C(=O)Nc2ccc(F)c(Cl)c2)cc1OC. The summed E-state index contributed by atoms with van der Waals surface area (Å²) in [7, 11) is 3.07. The molecule has 1 aliphatic rings. The van der Waals surface area contributed by atoms with Crippen LogP contribution in [0.4, 0.5) is 15.9 Å². The fourth-order valence-electron chi connectivity index (χ4n) is 3.39. The van der Waals surface area contributed by atoms with Gasteiger partial charge in [0.2, 0.25) is 11.8 Å². The normalized spacial score (nSPS) is 15.1. The molecule has 0 aliphatic carbocycles. The number of hydrogen-bond donors (Lipinski definition) is 2. The van der Waals surface area contributed by atoms with Gasteiger partial charge in [0.15, 0.2) is 11.5 Å². The number of hydrogen-bond acceptors (Lipinski definition) is 5. The van der Waals surface area contributed by atoms with Gasteiger partial charge in [-0.1, -0.05) is 17.7 Å². The molecule has 3 aromatic rings. The van der Waals surface area contributed by atoms with Crippen LogP contribution < -0.4 is 20.1 Å². The number of methoxy groups -OCH3 is 2. The fraction of sp³-hybridized carbons (Fsp3) is 0.190. The van der Waals surface area contributed by atoms with Gasteiger partial charge in [0.05, 0.1) is 31.9 Å². The van der Waals surface area contributed by atoms with Gasteiger partial charge < -0.3 is 20.1 Å². The minimum atomic E-state index is -0.888. The van der Waals surface area contributed by atoms with Gasteiger partial charge in [-0.25, -0.2) is 9.07 Å². The summed E-state index contributed by atoms with van der Waals surface area (Å²) in [5.41, 5.74) is 1.67. The Labute approximate surface area is 181 Å². The third kappa shape index (κ3) is 3.91. The molecule has 2 N–H and O–H groups in total. The molecule has 1 aromatic heterocycles. The zero-order valence-corrected chi connectivity index (χ0v) is 17.4. The number of carbonyl (C=O) groups excluding carboxylic acids is 2. The Balaban J connectivity index is 1.66. The summed E-state index contributed by atoms with van der Waals surface area (Å²) in [4.78, 5) is 25.2. The highest BCUT2D eigenvalue weighted by Crippen LogP contribution is 2.38. The standard InChI is InChI=1S/C21H18ClFN4O4/c1-30-17-6-3-11(7-18(17)31-2)13-10-24-27-16(9-19(28)26-20(13)27)21(29)25-12-4-5-15(23)14(22)8-12/h3-8,10,16H,9H2,1-2H3,(H,25,29)(H,26,28)/t16-/m1/s1. The quantitative estimate of drug-likeness (QED) is 0.622. The molecule has 0 bridgehead atoms. The smallest absolute Gasteiger partial charge is 0.249 e. The molecule has 0 radical (unpaired) electrons. The number of ether oxygens (including phenoxy) is 2. The number of nitrogens with zero attached hydrogens (tertiary/aromatic N) is 2. The molecule has 0 saturated heterocycles. The average molecular weight is 445 g/mol. The number of amides is 2. The van der Waals surface area contributed by atoms with E-state index in [2.05, 4.69) is 15.7 Å². The van der Waals surface area contributed by atoms with E-state index in [0.717, 1.165) is 11.6 Å². The molecule has 2 aromatic carbocycles. The molecule has 160 valence electrons. The van der Waals surface area contributed by atoms with Crippen LogP contribution in [0.1, 0.15) is 12.5 Å². The number of anilines is 2. The van der Waals surface area contributed by atoms with E-state index >= 15 is 0 Å². The van der Waals surface area contributed by atoms with E-state index in [9.17, 15) is 14.0 Å². The van der Waals surface area contributed by atoms with Crippen LogP contribution in [0.25, 0.3) is 11.1 Å². The molecular formula is C21H18ClFN4O4. The van der Waals surface area contributed by atoms with Crippen LogP contribution in [0.2, 0.25) is 5.02 Å². The summed E-state index contributed by atoms with van der Waals surface area (Å²) in [5.74, 6) is 0.0789. The van der Waals surface area contributed by atoms with Crippen molar-refractivity contribution in [3.63, 3.8) is 0 Å². The van der Waals surface area contributed by atoms with E-state index < -0.39 is 17.8 Å². The van der Waals surface area contributed by atoms with E-state index in [4.69, 9.17) is 21.1 Å². The number of aromatic nitrogens is 2. The second kappa shape index (κ2) is 8.27. The van der Waals surface area contributed by atoms with Crippen LogP contribution in [0, 0.1) is 5.82 Å². The minimum absolute atomic E-state index is 0.0964. The van der Waals surface area contributed by atoms with E-state index in [1.54, 1.807) is 24.4 Å². The second-order valence-electron chi connectivity index (χ2n) is 6.81. The van der Waals surface area contributed by atoms with Crippen molar-refractivity contribution in [3.8, 4) is 22.6 Å². The number of carbonyl (C=O) groups is 2. The highest BCUT2D eigenvalue weighted by molar-refractivity contribution is 6.31. The van der Waals surface area contributed by atoms with Crippen LogP contribution in [0.15, 0.2) is 42.6 Å². The number of nitrogens with one attached hydrogen (secondary N) is 2. The molecule has 0 spiro atoms. The summed E-state index contributed by atoms with van der Waals surface area (Å²) in [6, 6.07) is 8.26. The molecule has 2 heterocycles. The predicted molar refractivity (Wildman–Crippen MR) is 113 cm³/mol. The lowest BCUT2D eigenvalue weighted by molar-refractivity contribution is -0.125. The Bertz CT molecular complexity index is 1180. The zero-order valence-electron chi connectivity index (χ0n) is 16.6. The zero-order chi connectivity index (χ0) is 22.1. The van der Waals surface area contributed by atoms with Crippen molar-refractivity contribution in [2.24, 2.45) is 0 Å². The summed E-state index contributed by atoms with van der Waals surface area (Å²) in [6.45, 7) is 0. The first-order valence-electron chi connectivity index (χ1n) is 9.27. The van der Waals surface area contributed by atoms with Gasteiger partial charge in [0.25, 0.3) is 0 Å². The maximum atomic E-state index is 13.4. The molecule has 2 amide bonds. The minimum Gasteiger partial charge on any atom is -0.493 e. The topological polar surface area (TPSA) is 94.5 Å². The van der Waals surface area contributed by atoms with Crippen molar-refractivity contribution in [1.82, 2.24) is 9.78 Å². The average Bonchev–Trinajstić information content (AvgIpc) is 3.18. The van der Waals surface area contributed by atoms with Crippen LogP contribution >= 0.6 is 11.6 Å². The summed E-state index contributed by atoms with van der Waals surface area (Å²) in [6.07, 6.45) is 1.47. The Hall–Kier alpha value is -3.59. The maximum Gasteiger partial charge on any atom is 0.249 e. The van der Waals surface area contributed by atoms with Gasteiger partial charge >= 0.3 is 0 Å². The number of rotatable bonds is 5. The van der Waals surface area contributed by atoms with E-state index in [1.807, 2.05) is 0 Å². The molecule has 0 unspecified atom stereocenters. The first kappa shape index (κ1) is 20.7. The molecule has 10 heteroatoms. The highest BCUT2D eigenvalue weighted by atomic mass is 35.5. The fourth-order valence-corrected chi connectivity index (χ4v) is 3.57. The molecule has 4 rings (SSSR count). The largest absolute Gasteiger partial charge is 0.493 e. The van der Waals surface area contributed by atoms with Crippen LogP contribution in [-0.2, 0) is 9.59 Å². The third-order valence-electron chi connectivity index (χ3n) is 4.91. The number of benzene rings is 2. The van der Waals surface area contributed by atoms with E-state index in [-0.39, 0.29) is 17.4 Å². The van der Waals surface area contributed by atoms with Crippen molar-refractivity contribution >= 4 is 34.9 Å². The number of halogens is 2. The third-order valence-corrected chi connectivity index (χ3v) is 5.20. The molecule has 0 fully saturated rings. The summed E-state index contributed by atoms with van der Waals surface area (Å²) in [5, 5.41) is 9.64. The van der Waals surface area contributed by atoms with Crippen LogP contribution in [0.3, 0.4) is 0 Å². The van der Waals surface area contributed by atoms with Gasteiger partial charge in [-0.15, -0.1) is 0 Å². The Morgan fingerprint density at radius 3 is 2.71 bits per heavy atom. The van der Waals surface area contributed by atoms with Gasteiger partial charge in [0.1, 0.15) is 17.7 Å². The maximum absolute atomic E-state index is 13.4. The lowest BCUT2D eigenvalue weighted by atomic mass is 10.1. The Morgan fingerprint density at radius 1 is 1.23 bits per heavy atom. The van der Waals surface area contributed by atoms with Crippen LogP contribution in [0.5, 0.6) is 11.5 Å². The van der Waals surface area contributed by atoms with Crippen molar-refractivity contribution in [2.75, 3.05) is 24.9 Å². The lowest BCUT2D eigenvalue weighted by Crippen LogP contribution is -2.35. The molecule has 8 nitrogen and oxygen atoms in total. The second-order valence-corrected chi connectivity index (χ2v) is 7.21. The van der Waals surface area contributed by atoms with Crippen molar-refractivity contribution < 1.29 is 23.5 Å². The predicted octanol–water partition coefficient (Wildman–Crippen LogP) is 3.88. The Kier molecular flexibility index (Phi) is 5.51. The highest BCUT2D eigenvalue weighted by Gasteiger charge is 2.33. The van der Waals surface area contributed by atoms with Gasteiger partial charge in [0, 0.05) is 11.3 Å². The van der Waals surface area contributed by atoms with E-state index in [1.165, 1.54) is 31.0 Å². The lowest BCUT2D eigenvalue weighted by Gasteiger charge is -2.24. The number of fused-ring (bicyclic) bond motifs is 1. The molecule has 0 saturated carbocycles. The first-order chi connectivity index (χ1) is 14.9. The van der Waals surface area contributed by atoms with Gasteiger partial charge in [-0.2, -0.15) is 5.10 Å². The Morgan fingerprint density at radius 2 is 2.00 bits per heavy atom. The van der Waals surface area contributed by atoms with Crippen molar-refractivity contribution in [1.29, 1.82) is 0 Å². The van der Waals surface area contributed by atoms with Crippen molar-refractivity contribution in [3.05, 3.63) is 53.4 Å². The molecular weight excluding hydrogens is 427 g/mol. The molecule has 31 heavy (non-hydrogen) atoms. The van der Waals surface area contributed by atoms with E-state index in [0.29, 0.717) is 28.6 Å². The first-order valence-corrected chi connectivity index (χ1v) is 9.64. The molecule has 1 aliphatic heterocycles. The van der Waals surface area contributed by atoms with Gasteiger partial charge in [-0.3, -0.25) is 9.59 Å². The monoisotopic (exact) mass is 444 g/mol. The molecule has 1 atom stereocenters. The summed E-state index contributed by atoms with van der Waals surface area (Å²) >= 11 is 5.78. The summed E-state index contributed by atoms with van der Waals surface area (Å²) < 4.78 is 25.4. The van der Waals surface area contributed by atoms with Crippen molar-refractivity contribution in [2.45, 2.75) is 12.5 Å². The van der Waals surface area contributed by atoms with Crippen LogP contribution in [-0.4, -0.2) is 35.8 Å². The van der Waals surface area contributed by atoms with Gasteiger partial charge in [-0.05, 0) is 35.9 Å².